The highest BCUT2D eigenvalue weighted by molar-refractivity contribution is 5.96. The van der Waals surface area contributed by atoms with Crippen molar-refractivity contribution in [1.82, 2.24) is 0 Å². The smallest absolute Gasteiger partial charge is 0.317 e. The van der Waals surface area contributed by atoms with E-state index < -0.39 is 70.8 Å². The van der Waals surface area contributed by atoms with Gasteiger partial charge < -0.3 is 24.4 Å². The summed E-state index contributed by atoms with van der Waals surface area (Å²) < 4.78 is 16.3. The number of cyclic esters (lactones) is 2. The number of rotatable bonds is 7. The first-order chi connectivity index (χ1) is 19.8. The summed E-state index contributed by atoms with van der Waals surface area (Å²) in [6, 6.07) is 0. The molecule has 4 bridgehead atoms. The van der Waals surface area contributed by atoms with Gasteiger partial charge in [0, 0.05) is 1.43 Å². The molecule has 5 aliphatic rings. The molecule has 4 aliphatic carbocycles. The molecule has 10 nitrogen and oxygen atoms in total. The van der Waals surface area contributed by atoms with Crippen LogP contribution >= 0.6 is 0 Å². The quantitative estimate of drug-likeness (QED) is 0.147. The molecule has 51 heavy (non-hydrogen) atoms. The van der Waals surface area contributed by atoms with E-state index in [1.807, 2.05) is 0 Å². The molecule has 0 aromatic carbocycles. The Hall–Kier alpha value is -2.56. The van der Waals surface area contributed by atoms with Gasteiger partial charge in [0.1, 0.15) is 11.2 Å². The minimum Gasteiger partial charge on any atom is -0.481 e. The maximum atomic E-state index is 13.3. The summed E-state index contributed by atoms with van der Waals surface area (Å²) >= 11 is 0. The first kappa shape index (κ1) is 55.2. The third-order valence-corrected chi connectivity index (χ3v) is 11.3. The van der Waals surface area contributed by atoms with Crippen LogP contribution in [0.25, 0.3) is 0 Å². The molecule has 1 heterocycles. The highest BCUT2D eigenvalue weighted by atomic mass is 19.0. The van der Waals surface area contributed by atoms with Crippen LogP contribution in [0.3, 0.4) is 0 Å². The Balaban J connectivity index is -0.000000818. The molecule has 0 radical (unpaired) electrons. The molecular formula is C40H79FO10. The van der Waals surface area contributed by atoms with Gasteiger partial charge in [0.15, 0.2) is 0 Å². The fraction of sp³-hybridized carbons (Fsp3) is 0.875. The Morgan fingerprint density at radius 2 is 1.29 bits per heavy atom. The minimum absolute atomic E-state index is 0. The van der Waals surface area contributed by atoms with E-state index in [4.69, 9.17) is 14.2 Å². The Bertz CT molecular complexity index is 1200. The Morgan fingerprint density at radius 3 is 1.75 bits per heavy atom. The minimum atomic E-state index is -1.02. The van der Waals surface area contributed by atoms with E-state index in [1.54, 1.807) is 48.5 Å². The number of halogens is 1. The molecule has 0 amide bonds. The molecule has 4 saturated carbocycles. The fourth-order valence-electron chi connectivity index (χ4n) is 10.2. The van der Waals surface area contributed by atoms with Crippen molar-refractivity contribution in [3.05, 3.63) is 0 Å². The van der Waals surface area contributed by atoms with Gasteiger partial charge in [0.25, 0.3) is 0 Å². The lowest BCUT2D eigenvalue weighted by Gasteiger charge is -2.48. The molecule has 14 unspecified atom stereocenters. The van der Waals surface area contributed by atoms with Gasteiger partial charge in [-0.1, -0.05) is 65.8 Å². The second-order valence-electron chi connectivity index (χ2n) is 16.0. The van der Waals surface area contributed by atoms with Gasteiger partial charge >= 0.3 is 29.8 Å². The number of carboxylic acid groups (broad SMARTS) is 1. The zero-order valence-corrected chi connectivity index (χ0v) is 27.0. The average Bonchev–Trinajstić information content (AvgIpc) is 3.62. The predicted molar refractivity (Wildman–Crippen MR) is 203 cm³/mol. The van der Waals surface area contributed by atoms with Crippen molar-refractivity contribution in [2.75, 3.05) is 0 Å². The van der Waals surface area contributed by atoms with E-state index in [2.05, 4.69) is 6.92 Å². The first-order valence-corrected chi connectivity index (χ1v) is 15.9. The molecule has 0 spiro atoms. The maximum Gasteiger partial charge on any atom is 0.317 e. The Labute approximate surface area is 311 Å². The summed E-state index contributed by atoms with van der Waals surface area (Å²) in [6.45, 7) is 14.4. The summed E-state index contributed by atoms with van der Waals surface area (Å²) in [5.74, 6) is -7.24. The van der Waals surface area contributed by atoms with E-state index in [9.17, 15) is 34.2 Å². The van der Waals surface area contributed by atoms with Crippen LogP contribution in [0.15, 0.2) is 0 Å². The number of carbonyl (C=O) groups excluding carboxylic acids is 4. The van der Waals surface area contributed by atoms with Crippen LogP contribution in [0, 0.1) is 76.9 Å². The van der Waals surface area contributed by atoms with Crippen molar-refractivity contribution in [3.63, 3.8) is 0 Å². The van der Waals surface area contributed by atoms with Crippen molar-refractivity contribution in [3.8, 4) is 0 Å². The van der Waals surface area contributed by atoms with Crippen molar-refractivity contribution in [2.24, 2.45) is 76.9 Å². The van der Waals surface area contributed by atoms with Crippen molar-refractivity contribution >= 4 is 29.8 Å². The van der Waals surface area contributed by atoms with Crippen LogP contribution in [-0.4, -0.2) is 57.4 Å². The second-order valence-corrected chi connectivity index (χ2v) is 16.0. The van der Waals surface area contributed by atoms with Crippen molar-refractivity contribution in [2.45, 2.75) is 150 Å². The number of carbonyl (C=O) groups is 5. The van der Waals surface area contributed by atoms with Crippen LogP contribution in [0.4, 0.5) is 4.70 Å². The van der Waals surface area contributed by atoms with Crippen LogP contribution in [0.5, 0.6) is 0 Å². The summed E-state index contributed by atoms with van der Waals surface area (Å²) in [4.78, 5) is 64.4. The summed E-state index contributed by atoms with van der Waals surface area (Å²) in [6.07, 6.45) is 0.819. The SMILES string of the molecule is C.C.C.C.C.C.C.CC1C(=O)OC(=O)C1C1C2CC(C(O)CC(=O)OC(C)(C)C)C(C2)C1C1C(C)C2CC1C(C(=O)O)C2C(=O)OC(C)(C)C.F.[HH]. The molecule has 5 fully saturated rings. The highest BCUT2D eigenvalue weighted by Gasteiger charge is 2.69. The normalized spacial score (nSPS) is 36.0. The van der Waals surface area contributed by atoms with Gasteiger partial charge in [-0.2, -0.15) is 0 Å². The monoisotopic (exact) mass is 739 g/mol. The number of hydrogen-bond acceptors (Lipinski definition) is 9. The number of ether oxygens (including phenoxy) is 3. The number of fused-ring (bicyclic) bond motifs is 4. The topological polar surface area (TPSA) is 154 Å². The highest BCUT2D eigenvalue weighted by Crippen LogP contribution is 2.69. The molecule has 11 heteroatoms. The third-order valence-electron chi connectivity index (χ3n) is 11.3. The van der Waals surface area contributed by atoms with Gasteiger partial charge in [0.05, 0.1) is 36.2 Å². The summed E-state index contributed by atoms with van der Waals surface area (Å²) in [5.41, 5.74) is -1.43. The molecule has 1 saturated heterocycles. The molecule has 14 atom stereocenters. The number of carboxylic acids is 1. The van der Waals surface area contributed by atoms with Crippen molar-refractivity contribution in [1.29, 1.82) is 0 Å². The van der Waals surface area contributed by atoms with Gasteiger partial charge in [-0.25, -0.2) is 0 Å². The standard InChI is InChI=1S/C33H48O10.7CH4.FH.H2/c1-13-16-11-19(26(28(36)37)27(16)31(40)43-33(6,7)8)22(13)25-18-10-15(24(25)23-14(2)29(38)41-30(23)39)9-17(18)20(34)12-21(35)42-32(3,4)5;;;;;;;;;/h13-20,22-27,34H,9-12H2,1-8H3,(H,36,37);7*1H4;2*1H. The van der Waals surface area contributed by atoms with Crippen LogP contribution < -0.4 is 0 Å². The average molecular weight is 739 g/mol. The zero-order chi connectivity index (χ0) is 31.9. The number of aliphatic hydroxyl groups is 1. The van der Waals surface area contributed by atoms with E-state index >= 15 is 0 Å². The van der Waals surface area contributed by atoms with E-state index in [1.165, 1.54) is 0 Å². The van der Waals surface area contributed by atoms with Gasteiger partial charge in [-0.05, 0) is 114 Å². The second kappa shape index (κ2) is 19.0. The van der Waals surface area contributed by atoms with Crippen LogP contribution in [-0.2, 0) is 38.2 Å². The number of aliphatic carboxylic acids is 1. The summed E-state index contributed by atoms with van der Waals surface area (Å²) in [7, 11) is 0. The van der Waals surface area contributed by atoms with E-state index in [-0.39, 0.29) is 118 Å². The number of aliphatic hydroxyl groups excluding tert-OH is 1. The summed E-state index contributed by atoms with van der Waals surface area (Å²) in [5, 5.41) is 21.8. The van der Waals surface area contributed by atoms with Gasteiger partial charge in [-0.15, -0.1) is 0 Å². The third kappa shape index (κ3) is 9.91. The lowest BCUT2D eigenvalue weighted by molar-refractivity contribution is -0.173. The first-order valence-electron chi connectivity index (χ1n) is 15.9. The van der Waals surface area contributed by atoms with Crippen LogP contribution in [0.2, 0.25) is 0 Å². The number of hydrogen-bond donors (Lipinski definition) is 2. The lowest BCUT2D eigenvalue weighted by atomic mass is 9.55. The van der Waals surface area contributed by atoms with Crippen LogP contribution in [0.1, 0.15) is 134 Å². The zero-order valence-electron chi connectivity index (χ0n) is 27.0. The van der Waals surface area contributed by atoms with Gasteiger partial charge in [0.2, 0.25) is 0 Å². The maximum absolute atomic E-state index is 13.3. The lowest BCUT2D eigenvalue weighted by Crippen LogP contribution is -2.50. The Kier molecular flexibility index (Phi) is 20.5. The molecule has 306 valence electrons. The molecule has 0 aromatic rings. The fourth-order valence-corrected chi connectivity index (χ4v) is 10.2. The molecule has 2 N–H and O–H groups in total. The number of esters is 4. The van der Waals surface area contributed by atoms with E-state index in [0.29, 0.717) is 12.8 Å². The van der Waals surface area contributed by atoms with Crippen molar-refractivity contribution < 1.29 is 54.5 Å². The molecule has 0 aromatic heterocycles. The molecular weight excluding hydrogens is 659 g/mol. The Morgan fingerprint density at radius 1 is 0.765 bits per heavy atom. The van der Waals surface area contributed by atoms with Gasteiger partial charge in [-0.3, -0.25) is 28.7 Å². The molecule has 5 rings (SSSR count). The van der Waals surface area contributed by atoms with E-state index in [0.717, 1.165) is 6.42 Å². The molecule has 1 aliphatic heterocycles. The largest absolute Gasteiger partial charge is 0.481 e. The predicted octanol–water partition coefficient (Wildman–Crippen LogP) is 8.72.